The summed E-state index contributed by atoms with van der Waals surface area (Å²) >= 11 is 0. The molecule has 0 aromatic carbocycles. The van der Waals surface area contributed by atoms with Crippen molar-refractivity contribution in [3.8, 4) is 0 Å². The quantitative estimate of drug-likeness (QED) is 0.0261. The standard InChI is InChI=1S/C67H114O6/c1-4-7-10-13-16-19-22-25-28-30-31-32-33-34-35-36-37-38-40-42-45-48-51-54-57-60-66(69)72-63-64(62-71-65(68)59-56-53-50-47-44-41-27-24-21-18-15-12-9-6-3)73-67(70)61-58-55-52-49-46-43-39-29-26-23-20-17-14-11-8-5-2/h7,10,15-16,18-19,24-25,27-28,31-32,34-35,37-38,64H,4-6,8-9,11-14,17,20-23,26,29-30,33,36,39-63H2,1-3H3/b10-7-,18-15-,19-16-,27-24-,28-25-,32-31-,35-34-,38-37-. The zero-order valence-electron chi connectivity index (χ0n) is 47.9. The molecule has 0 spiro atoms. The third kappa shape index (κ3) is 59.1. The molecule has 73 heavy (non-hydrogen) atoms. The third-order valence-electron chi connectivity index (χ3n) is 13.1. The molecule has 0 N–H and O–H groups in total. The molecule has 0 aromatic heterocycles. The van der Waals surface area contributed by atoms with Crippen molar-refractivity contribution in [1.82, 2.24) is 0 Å². The zero-order valence-corrected chi connectivity index (χ0v) is 47.9. The van der Waals surface area contributed by atoms with E-state index < -0.39 is 6.10 Å². The second-order valence-corrected chi connectivity index (χ2v) is 20.2. The molecule has 0 saturated heterocycles. The van der Waals surface area contributed by atoms with Crippen LogP contribution in [-0.4, -0.2) is 37.2 Å². The first-order chi connectivity index (χ1) is 36.0. The lowest BCUT2D eigenvalue weighted by Crippen LogP contribution is -2.30. The van der Waals surface area contributed by atoms with Crippen molar-refractivity contribution < 1.29 is 28.6 Å². The number of unbranched alkanes of at least 4 members (excludes halogenated alkanes) is 28. The molecule has 0 rings (SSSR count). The molecule has 0 aromatic rings. The van der Waals surface area contributed by atoms with E-state index in [2.05, 4.69) is 118 Å². The molecule has 6 nitrogen and oxygen atoms in total. The van der Waals surface area contributed by atoms with Gasteiger partial charge in [-0.1, -0.05) is 272 Å². The van der Waals surface area contributed by atoms with E-state index in [9.17, 15) is 14.4 Å². The molecule has 0 heterocycles. The van der Waals surface area contributed by atoms with Gasteiger partial charge in [-0.25, -0.2) is 0 Å². The van der Waals surface area contributed by atoms with E-state index in [-0.39, 0.29) is 31.1 Å². The van der Waals surface area contributed by atoms with Crippen molar-refractivity contribution in [2.24, 2.45) is 0 Å². The molecule has 0 saturated carbocycles. The molecule has 418 valence electrons. The van der Waals surface area contributed by atoms with Gasteiger partial charge in [-0.15, -0.1) is 0 Å². The second kappa shape index (κ2) is 60.9. The summed E-state index contributed by atoms with van der Waals surface area (Å²) in [7, 11) is 0. The maximum absolute atomic E-state index is 12.9. The molecule has 0 aliphatic heterocycles. The monoisotopic (exact) mass is 1010 g/mol. The Morgan fingerprint density at radius 1 is 0.288 bits per heavy atom. The minimum atomic E-state index is -0.789. The van der Waals surface area contributed by atoms with Gasteiger partial charge in [-0.3, -0.25) is 14.4 Å². The summed E-state index contributed by atoms with van der Waals surface area (Å²) in [6.45, 7) is 6.48. The number of rotatable bonds is 55. The smallest absolute Gasteiger partial charge is 0.306 e. The summed E-state index contributed by atoms with van der Waals surface area (Å²) < 4.78 is 16.9. The summed E-state index contributed by atoms with van der Waals surface area (Å²) in [6, 6.07) is 0. The largest absolute Gasteiger partial charge is 0.462 e. The Balaban J connectivity index is 4.38. The first-order valence-corrected chi connectivity index (χ1v) is 30.7. The normalized spacial score (nSPS) is 12.8. The minimum absolute atomic E-state index is 0.0878. The van der Waals surface area contributed by atoms with Crippen molar-refractivity contribution in [2.45, 2.75) is 297 Å². The van der Waals surface area contributed by atoms with Crippen molar-refractivity contribution in [2.75, 3.05) is 13.2 Å². The maximum atomic E-state index is 12.9. The van der Waals surface area contributed by atoms with Gasteiger partial charge in [-0.2, -0.15) is 0 Å². The molecule has 0 radical (unpaired) electrons. The average molecular weight is 1020 g/mol. The van der Waals surface area contributed by atoms with Crippen molar-refractivity contribution in [3.63, 3.8) is 0 Å². The highest BCUT2D eigenvalue weighted by atomic mass is 16.6. The summed E-state index contributed by atoms with van der Waals surface area (Å²) in [5.74, 6) is -0.906. The zero-order chi connectivity index (χ0) is 52.9. The Kier molecular flexibility index (Phi) is 57.8. The number of carbonyl (C=O) groups excluding carboxylic acids is 3. The Labute approximate surface area is 451 Å². The van der Waals surface area contributed by atoms with Gasteiger partial charge in [0.25, 0.3) is 0 Å². The van der Waals surface area contributed by atoms with Crippen LogP contribution in [0, 0.1) is 0 Å². The molecule has 0 aliphatic rings. The van der Waals surface area contributed by atoms with Crippen LogP contribution in [0.25, 0.3) is 0 Å². The van der Waals surface area contributed by atoms with Crippen LogP contribution >= 0.6 is 0 Å². The van der Waals surface area contributed by atoms with E-state index in [1.807, 2.05) is 0 Å². The molecule has 1 unspecified atom stereocenters. The van der Waals surface area contributed by atoms with Crippen LogP contribution in [0.2, 0.25) is 0 Å². The van der Waals surface area contributed by atoms with E-state index in [4.69, 9.17) is 14.2 Å². The molecule has 0 amide bonds. The van der Waals surface area contributed by atoms with Gasteiger partial charge < -0.3 is 14.2 Å². The van der Waals surface area contributed by atoms with Crippen LogP contribution in [0.15, 0.2) is 97.2 Å². The van der Waals surface area contributed by atoms with Crippen molar-refractivity contribution >= 4 is 17.9 Å². The van der Waals surface area contributed by atoms with Gasteiger partial charge in [-0.05, 0) is 96.3 Å². The Morgan fingerprint density at radius 2 is 0.548 bits per heavy atom. The lowest BCUT2D eigenvalue weighted by molar-refractivity contribution is -0.167. The first kappa shape index (κ1) is 69.3. The average Bonchev–Trinajstić information content (AvgIpc) is 3.39. The van der Waals surface area contributed by atoms with Gasteiger partial charge in [0.2, 0.25) is 0 Å². The maximum Gasteiger partial charge on any atom is 0.306 e. The van der Waals surface area contributed by atoms with E-state index in [1.54, 1.807) is 0 Å². The van der Waals surface area contributed by atoms with Crippen LogP contribution in [0.3, 0.4) is 0 Å². The van der Waals surface area contributed by atoms with Gasteiger partial charge in [0.15, 0.2) is 6.10 Å². The molecule has 0 fully saturated rings. The summed E-state index contributed by atoms with van der Waals surface area (Å²) in [4.78, 5) is 38.2. The number of hydrogen-bond acceptors (Lipinski definition) is 6. The predicted octanol–water partition coefficient (Wildman–Crippen LogP) is 20.9. The lowest BCUT2D eigenvalue weighted by atomic mass is 10.0. The number of carbonyl (C=O) groups is 3. The lowest BCUT2D eigenvalue weighted by Gasteiger charge is -2.18. The fraction of sp³-hybridized carbons (Fsp3) is 0.716. The van der Waals surface area contributed by atoms with E-state index >= 15 is 0 Å². The molecule has 6 heteroatoms. The Hall–Kier alpha value is -3.67. The molecule has 0 bridgehead atoms. The van der Waals surface area contributed by atoms with Crippen LogP contribution < -0.4 is 0 Å². The third-order valence-corrected chi connectivity index (χ3v) is 13.1. The SMILES string of the molecule is CC/C=C\C/C=C\C/C=C\C/C=C\C/C=C\C/C=C\CCCCCCCCC(=O)OCC(COC(=O)CCCCCCC/C=C\C/C=C\CCCC)OC(=O)CCCCCCCCCCCCCCCCCC. The number of hydrogen-bond donors (Lipinski definition) is 0. The number of esters is 3. The molecule has 1 atom stereocenters. The Bertz CT molecular complexity index is 1440. The van der Waals surface area contributed by atoms with Crippen LogP contribution in [0.5, 0.6) is 0 Å². The predicted molar refractivity (Wildman–Crippen MR) is 316 cm³/mol. The second-order valence-electron chi connectivity index (χ2n) is 20.2. The van der Waals surface area contributed by atoms with E-state index in [1.165, 1.54) is 116 Å². The van der Waals surface area contributed by atoms with Crippen LogP contribution in [-0.2, 0) is 28.6 Å². The Morgan fingerprint density at radius 3 is 0.877 bits per heavy atom. The van der Waals surface area contributed by atoms with Gasteiger partial charge in [0.05, 0.1) is 0 Å². The first-order valence-electron chi connectivity index (χ1n) is 30.7. The summed E-state index contributed by atoms with van der Waals surface area (Å²) in [5.41, 5.74) is 0. The van der Waals surface area contributed by atoms with Gasteiger partial charge >= 0.3 is 17.9 Å². The fourth-order valence-electron chi connectivity index (χ4n) is 8.46. The summed E-state index contributed by atoms with van der Waals surface area (Å²) in [6.07, 6.45) is 81.1. The molecular weight excluding hydrogens is 901 g/mol. The van der Waals surface area contributed by atoms with Gasteiger partial charge in [0.1, 0.15) is 13.2 Å². The van der Waals surface area contributed by atoms with Crippen LogP contribution in [0.1, 0.15) is 290 Å². The van der Waals surface area contributed by atoms with E-state index in [0.717, 1.165) is 135 Å². The topological polar surface area (TPSA) is 78.9 Å². The van der Waals surface area contributed by atoms with E-state index in [0.29, 0.717) is 19.3 Å². The highest BCUT2D eigenvalue weighted by Gasteiger charge is 2.19. The number of allylic oxidation sites excluding steroid dienone is 16. The fourth-order valence-corrected chi connectivity index (χ4v) is 8.46. The number of ether oxygens (including phenoxy) is 3. The highest BCUT2D eigenvalue weighted by molar-refractivity contribution is 5.71. The van der Waals surface area contributed by atoms with Gasteiger partial charge in [0, 0.05) is 19.3 Å². The van der Waals surface area contributed by atoms with Crippen molar-refractivity contribution in [1.29, 1.82) is 0 Å². The summed E-state index contributed by atoms with van der Waals surface area (Å²) in [5, 5.41) is 0. The highest BCUT2D eigenvalue weighted by Crippen LogP contribution is 2.16. The van der Waals surface area contributed by atoms with Crippen molar-refractivity contribution in [3.05, 3.63) is 97.2 Å². The minimum Gasteiger partial charge on any atom is -0.462 e. The molecule has 0 aliphatic carbocycles. The van der Waals surface area contributed by atoms with Crippen LogP contribution in [0.4, 0.5) is 0 Å². The molecular formula is C67H114O6.